The van der Waals surface area contributed by atoms with E-state index in [0.29, 0.717) is 6.54 Å². The van der Waals surface area contributed by atoms with Crippen molar-refractivity contribution in [1.82, 2.24) is 14.7 Å². The molecule has 0 bridgehead atoms. The van der Waals surface area contributed by atoms with Gasteiger partial charge in [-0.3, -0.25) is 9.58 Å². The summed E-state index contributed by atoms with van der Waals surface area (Å²) in [4.78, 5) is 2.41. The molecule has 0 amide bonds. The van der Waals surface area contributed by atoms with Crippen molar-refractivity contribution in [2.75, 3.05) is 26.2 Å². The monoisotopic (exact) mass is 238 g/mol. The molecule has 1 aromatic rings. The zero-order valence-electron chi connectivity index (χ0n) is 10.7. The number of rotatable bonds is 4. The number of aryl methyl sites for hydroxylation is 1. The molecule has 0 saturated carbocycles. The van der Waals surface area contributed by atoms with Gasteiger partial charge in [-0.05, 0) is 13.5 Å². The van der Waals surface area contributed by atoms with E-state index in [2.05, 4.69) is 30.0 Å². The third kappa shape index (κ3) is 2.51. The second-order valence-corrected chi connectivity index (χ2v) is 4.35. The van der Waals surface area contributed by atoms with Crippen LogP contribution in [-0.2, 0) is 11.3 Å². The predicted octanol–water partition coefficient (Wildman–Crippen LogP) is 0.624. The van der Waals surface area contributed by atoms with Crippen LogP contribution >= 0.6 is 0 Å². The molecule has 1 aromatic heterocycles. The van der Waals surface area contributed by atoms with E-state index in [4.69, 9.17) is 10.5 Å². The molecule has 0 aromatic carbocycles. The number of aromatic nitrogens is 2. The summed E-state index contributed by atoms with van der Waals surface area (Å²) in [5.74, 6) is 0. The van der Waals surface area contributed by atoms with Gasteiger partial charge in [-0.2, -0.15) is 5.10 Å². The summed E-state index contributed by atoms with van der Waals surface area (Å²) in [6, 6.07) is 0.249. The Morgan fingerprint density at radius 2 is 2.29 bits per heavy atom. The first-order valence-corrected chi connectivity index (χ1v) is 6.38. The van der Waals surface area contributed by atoms with Gasteiger partial charge in [-0.1, -0.05) is 6.92 Å². The van der Waals surface area contributed by atoms with Crippen molar-refractivity contribution < 1.29 is 4.74 Å². The molecule has 1 saturated heterocycles. The van der Waals surface area contributed by atoms with E-state index in [1.54, 1.807) is 0 Å². The Hall–Kier alpha value is -0.910. The van der Waals surface area contributed by atoms with Gasteiger partial charge in [0, 0.05) is 31.4 Å². The molecule has 0 aliphatic carbocycles. The third-order valence-electron chi connectivity index (χ3n) is 3.41. The summed E-state index contributed by atoms with van der Waals surface area (Å²) in [6.45, 7) is 8.47. The Labute approximate surface area is 103 Å². The second-order valence-electron chi connectivity index (χ2n) is 4.35. The first-order valence-electron chi connectivity index (χ1n) is 6.38. The lowest BCUT2D eigenvalue weighted by molar-refractivity contribution is -0.0658. The molecule has 5 heteroatoms. The maximum absolute atomic E-state index is 5.81. The summed E-state index contributed by atoms with van der Waals surface area (Å²) < 4.78 is 7.72. The van der Waals surface area contributed by atoms with E-state index < -0.39 is 0 Å². The molecule has 2 unspecified atom stereocenters. The van der Waals surface area contributed by atoms with Gasteiger partial charge >= 0.3 is 0 Å². The van der Waals surface area contributed by atoms with Gasteiger partial charge in [-0.25, -0.2) is 0 Å². The normalized spacial score (nSPS) is 26.3. The fourth-order valence-electron chi connectivity index (χ4n) is 2.47. The Bertz CT molecular complexity index is 340. The fraction of sp³-hybridized carbons (Fsp3) is 0.750. The van der Waals surface area contributed by atoms with E-state index in [-0.39, 0.29) is 12.1 Å². The number of morpholine rings is 1. The molecule has 2 heterocycles. The summed E-state index contributed by atoms with van der Waals surface area (Å²) in [7, 11) is 0. The summed E-state index contributed by atoms with van der Waals surface area (Å²) >= 11 is 0. The van der Waals surface area contributed by atoms with Gasteiger partial charge in [0.15, 0.2) is 0 Å². The molecule has 1 aliphatic rings. The Balaban J connectivity index is 2.23. The number of ether oxygens (including phenoxy) is 1. The molecule has 5 nitrogen and oxygen atoms in total. The van der Waals surface area contributed by atoms with Crippen molar-refractivity contribution in [3.8, 4) is 0 Å². The van der Waals surface area contributed by atoms with Crippen LogP contribution in [0.1, 0.15) is 25.5 Å². The SMILES string of the molecule is CCN1CCOC(CN)C1c1cnn(CC)c1. The maximum Gasteiger partial charge on any atom is 0.0895 e. The summed E-state index contributed by atoms with van der Waals surface area (Å²) in [5, 5.41) is 4.34. The van der Waals surface area contributed by atoms with E-state index in [0.717, 1.165) is 26.2 Å². The molecule has 17 heavy (non-hydrogen) atoms. The zero-order valence-corrected chi connectivity index (χ0v) is 10.7. The Morgan fingerprint density at radius 1 is 1.47 bits per heavy atom. The highest BCUT2D eigenvalue weighted by Crippen LogP contribution is 2.28. The molecule has 1 aliphatic heterocycles. The Kier molecular flexibility index (Phi) is 4.15. The number of hydrogen-bond donors (Lipinski definition) is 1. The first-order chi connectivity index (χ1) is 8.30. The first kappa shape index (κ1) is 12.5. The highest BCUT2D eigenvalue weighted by Gasteiger charge is 2.32. The van der Waals surface area contributed by atoms with Gasteiger partial charge in [0.2, 0.25) is 0 Å². The fourth-order valence-corrected chi connectivity index (χ4v) is 2.47. The smallest absolute Gasteiger partial charge is 0.0895 e. The van der Waals surface area contributed by atoms with Gasteiger partial charge < -0.3 is 10.5 Å². The van der Waals surface area contributed by atoms with Crippen LogP contribution in [-0.4, -0.2) is 47.0 Å². The minimum absolute atomic E-state index is 0.0817. The molecule has 2 rings (SSSR count). The molecule has 0 spiro atoms. The second kappa shape index (κ2) is 5.62. The number of hydrogen-bond acceptors (Lipinski definition) is 4. The average Bonchev–Trinajstić information content (AvgIpc) is 2.86. The van der Waals surface area contributed by atoms with Crippen LogP contribution < -0.4 is 5.73 Å². The highest BCUT2D eigenvalue weighted by atomic mass is 16.5. The molecular weight excluding hydrogens is 216 g/mol. The van der Waals surface area contributed by atoms with Crippen LogP contribution in [0.25, 0.3) is 0 Å². The van der Waals surface area contributed by atoms with E-state index in [1.165, 1.54) is 5.56 Å². The van der Waals surface area contributed by atoms with Crippen molar-refractivity contribution in [1.29, 1.82) is 0 Å². The van der Waals surface area contributed by atoms with Crippen molar-refractivity contribution in [3.05, 3.63) is 18.0 Å². The van der Waals surface area contributed by atoms with Crippen molar-refractivity contribution in [2.45, 2.75) is 32.5 Å². The van der Waals surface area contributed by atoms with Gasteiger partial charge in [0.05, 0.1) is 24.9 Å². The van der Waals surface area contributed by atoms with Crippen molar-refractivity contribution in [3.63, 3.8) is 0 Å². The minimum atomic E-state index is 0.0817. The van der Waals surface area contributed by atoms with Gasteiger partial charge in [0.25, 0.3) is 0 Å². The topological polar surface area (TPSA) is 56.3 Å². The molecule has 2 atom stereocenters. The van der Waals surface area contributed by atoms with Crippen LogP contribution in [0.15, 0.2) is 12.4 Å². The molecule has 1 fully saturated rings. The summed E-state index contributed by atoms with van der Waals surface area (Å²) in [5.41, 5.74) is 7.02. The highest BCUT2D eigenvalue weighted by molar-refractivity contribution is 5.14. The van der Waals surface area contributed by atoms with Crippen molar-refractivity contribution in [2.24, 2.45) is 5.73 Å². The maximum atomic E-state index is 5.81. The summed E-state index contributed by atoms with van der Waals surface area (Å²) in [6.07, 6.45) is 4.12. The molecule has 0 radical (unpaired) electrons. The van der Waals surface area contributed by atoms with Crippen LogP contribution in [0.2, 0.25) is 0 Å². The van der Waals surface area contributed by atoms with Gasteiger partial charge in [-0.15, -0.1) is 0 Å². The van der Waals surface area contributed by atoms with Crippen LogP contribution in [0.5, 0.6) is 0 Å². The van der Waals surface area contributed by atoms with Crippen molar-refractivity contribution >= 4 is 0 Å². The standard InChI is InChI=1S/C12H22N4O/c1-3-15-5-6-17-11(7-13)12(15)10-8-14-16(4-2)9-10/h8-9,11-12H,3-7,13H2,1-2H3. The molecular formula is C12H22N4O. The number of nitrogens with zero attached hydrogens (tertiary/aromatic N) is 3. The van der Waals surface area contributed by atoms with E-state index in [1.807, 2.05) is 10.9 Å². The Morgan fingerprint density at radius 3 is 2.88 bits per heavy atom. The van der Waals surface area contributed by atoms with Crippen LogP contribution in [0.4, 0.5) is 0 Å². The molecule has 2 N–H and O–H groups in total. The lowest BCUT2D eigenvalue weighted by Crippen LogP contribution is -2.47. The van der Waals surface area contributed by atoms with Crippen LogP contribution in [0, 0.1) is 0 Å². The number of nitrogens with two attached hydrogens (primary N) is 1. The molecule has 96 valence electrons. The van der Waals surface area contributed by atoms with Gasteiger partial charge in [0.1, 0.15) is 0 Å². The van der Waals surface area contributed by atoms with E-state index in [9.17, 15) is 0 Å². The quantitative estimate of drug-likeness (QED) is 0.835. The lowest BCUT2D eigenvalue weighted by atomic mass is 10.0. The number of likely N-dealkylation sites (N-methyl/N-ethyl adjacent to an activating group) is 1. The van der Waals surface area contributed by atoms with E-state index >= 15 is 0 Å². The largest absolute Gasteiger partial charge is 0.374 e. The third-order valence-corrected chi connectivity index (χ3v) is 3.41. The average molecular weight is 238 g/mol. The lowest BCUT2D eigenvalue weighted by Gasteiger charge is -2.39. The van der Waals surface area contributed by atoms with Crippen LogP contribution in [0.3, 0.4) is 0 Å². The predicted molar refractivity (Wildman–Crippen MR) is 66.7 cm³/mol. The minimum Gasteiger partial charge on any atom is -0.374 e. The zero-order chi connectivity index (χ0) is 12.3.